The molecule has 0 aliphatic rings. The van der Waals surface area contributed by atoms with Crippen molar-refractivity contribution in [1.29, 1.82) is 0 Å². The zero-order chi connectivity index (χ0) is 17.1. The van der Waals surface area contributed by atoms with Crippen LogP contribution in [-0.4, -0.2) is 16.7 Å². The van der Waals surface area contributed by atoms with Crippen molar-refractivity contribution in [1.82, 2.24) is 4.98 Å². The molecule has 1 aromatic heterocycles. The third kappa shape index (κ3) is 3.53. The first-order valence-electron chi connectivity index (χ1n) is 7.45. The molecule has 6 heteroatoms. The number of aliphatic hydroxyl groups excluding tert-OH is 1. The van der Waals surface area contributed by atoms with Crippen LogP contribution in [-0.2, 0) is 0 Å². The van der Waals surface area contributed by atoms with Gasteiger partial charge in [-0.15, -0.1) is 0 Å². The van der Waals surface area contributed by atoms with E-state index in [9.17, 15) is 9.50 Å². The number of nitrogens with one attached hydrogen (secondary N) is 1. The maximum absolute atomic E-state index is 14.2. The van der Waals surface area contributed by atoms with Gasteiger partial charge < -0.3 is 10.4 Å². The predicted octanol–water partition coefficient (Wildman–Crippen LogP) is 5.33. The van der Waals surface area contributed by atoms with Crippen molar-refractivity contribution in [3.05, 3.63) is 69.5 Å². The number of anilines is 1. The Morgan fingerprint density at radius 1 is 1.25 bits per heavy atom. The Kier molecular flexibility index (Phi) is 5.33. The van der Waals surface area contributed by atoms with Crippen LogP contribution in [0.4, 0.5) is 10.1 Å². The number of pyridine rings is 1. The smallest absolute Gasteiger partial charge is 0.128 e. The van der Waals surface area contributed by atoms with Crippen LogP contribution in [0, 0.1) is 5.82 Å². The van der Waals surface area contributed by atoms with E-state index in [4.69, 9.17) is 11.6 Å². The Labute approximate surface area is 152 Å². The highest BCUT2D eigenvalue weighted by molar-refractivity contribution is 9.10. The van der Waals surface area contributed by atoms with Gasteiger partial charge in [-0.1, -0.05) is 45.7 Å². The lowest BCUT2D eigenvalue weighted by molar-refractivity contribution is 0.279. The lowest BCUT2D eigenvalue weighted by atomic mass is 10.0. The molecule has 0 amide bonds. The lowest BCUT2D eigenvalue weighted by Crippen LogP contribution is -2.14. The molecule has 3 rings (SSSR count). The molecule has 0 aliphatic carbocycles. The molecular formula is C18H15BrClFN2O. The summed E-state index contributed by atoms with van der Waals surface area (Å²) in [5, 5.41) is 13.9. The molecule has 24 heavy (non-hydrogen) atoms. The Bertz CT molecular complexity index is 870. The van der Waals surface area contributed by atoms with Crippen LogP contribution >= 0.6 is 27.5 Å². The van der Waals surface area contributed by atoms with E-state index in [0.717, 1.165) is 15.4 Å². The van der Waals surface area contributed by atoms with Crippen LogP contribution in [0.15, 0.2) is 53.1 Å². The third-order valence-electron chi connectivity index (χ3n) is 3.80. The van der Waals surface area contributed by atoms with E-state index in [2.05, 4.69) is 26.2 Å². The van der Waals surface area contributed by atoms with Crippen molar-refractivity contribution in [2.24, 2.45) is 0 Å². The minimum atomic E-state index is -0.404. The van der Waals surface area contributed by atoms with Gasteiger partial charge in [0.15, 0.2) is 0 Å². The maximum atomic E-state index is 14.2. The molecular weight excluding hydrogens is 395 g/mol. The van der Waals surface area contributed by atoms with Crippen LogP contribution in [0.3, 0.4) is 0 Å². The Morgan fingerprint density at radius 3 is 2.79 bits per heavy atom. The van der Waals surface area contributed by atoms with E-state index in [0.29, 0.717) is 22.7 Å². The van der Waals surface area contributed by atoms with Gasteiger partial charge in [-0.3, -0.25) is 4.98 Å². The number of benzene rings is 2. The molecule has 0 fully saturated rings. The van der Waals surface area contributed by atoms with E-state index in [1.165, 1.54) is 6.07 Å². The summed E-state index contributed by atoms with van der Waals surface area (Å²) >= 11 is 9.78. The summed E-state index contributed by atoms with van der Waals surface area (Å²) in [7, 11) is 0. The number of aromatic nitrogens is 1. The van der Waals surface area contributed by atoms with Crippen LogP contribution in [0.2, 0.25) is 5.02 Å². The van der Waals surface area contributed by atoms with Gasteiger partial charge >= 0.3 is 0 Å². The molecule has 1 heterocycles. The van der Waals surface area contributed by atoms with Crippen molar-refractivity contribution in [3.8, 4) is 0 Å². The fourth-order valence-electron chi connectivity index (χ4n) is 2.65. The molecule has 0 radical (unpaired) electrons. The van der Waals surface area contributed by atoms with Gasteiger partial charge in [0.05, 0.1) is 22.3 Å². The lowest BCUT2D eigenvalue weighted by Gasteiger charge is -2.22. The molecule has 124 valence electrons. The highest BCUT2D eigenvalue weighted by Crippen LogP contribution is 2.35. The minimum absolute atomic E-state index is 0.0731. The average molecular weight is 410 g/mol. The minimum Gasteiger partial charge on any atom is -0.396 e. The quantitative estimate of drug-likeness (QED) is 0.599. The molecule has 3 nitrogen and oxygen atoms in total. The SMILES string of the molecule is OCCC(Nc1c(Cl)cnc2ccc(Br)cc12)c1ccccc1F. The van der Waals surface area contributed by atoms with E-state index in [1.54, 1.807) is 24.4 Å². The summed E-state index contributed by atoms with van der Waals surface area (Å²) in [6, 6.07) is 11.8. The average Bonchev–Trinajstić information content (AvgIpc) is 2.57. The van der Waals surface area contributed by atoms with E-state index < -0.39 is 6.04 Å². The maximum Gasteiger partial charge on any atom is 0.128 e. The molecule has 3 aromatic rings. The number of hydrogen-bond donors (Lipinski definition) is 2. The van der Waals surface area contributed by atoms with Crippen LogP contribution < -0.4 is 5.32 Å². The highest BCUT2D eigenvalue weighted by Gasteiger charge is 2.18. The number of hydrogen-bond acceptors (Lipinski definition) is 3. The summed E-state index contributed by atoms with van der Waals surface area (Å²) < 4.78 is 15.1. The van der Waals surface area contributed by atoms with Gasteiger partial charge in [-0.25, -0.2) is 4.39 Å². The molecule has 0 spiro atoms. The van der Waals surface area contributed by atoms with Crippen molar-refractivity contribution >= 4 is 44.1 Å². The Hall–Kier alpha value is -1.69. The molecule has 1 atom stereocenters. The van der Waals surface area contributed by atoms with Crippen LogP contribution in [0.1, 0.15) is 18.0 Å². The fraction of sp³-hybridized carbons (Fsp3) is 0.167. The summed E-state index contributed by atoms with van der Waals surface area (Å²) in [6.07, 6.45) is 1.92. The number of aliphatic hydroxyl groups is 1. The topological polar surface area (TPSA) is 45.1 Å². The van der Waals surface area contributed by atoms with Crippen molar-refractivity contribution in [3.63, 3.8) is 0 Å². The Morgan fingerprint density at radius 2 is 2.04 bits per heavy atom. The number of rotatable bonds is 5. The summed E-state index contributed by atoms with van der Waals surface area (Å²) in [5.41, 5.74) is 1.94. The normalized spacial score (nSPS) is 12.3. The monoisotopic (exact) mass is 408 g/mol. The number of halogens is 3. The van der Waals surface area contributed by atoms with Gasteiger partial charge in [-0.05, 0) is 30.7 Å². The van der Waals surface area contributed by atoms with Crippen molar-refractivity contribution in [2.45, 2.75) is 12.5 Å². The largest absolute Gasteiger partial charge is 0.396 e. The van der Waals surface area contributed by atoms with Gasteiger partial charge in [0.2, 0.25) is 0 Å². The molecule has 2 aromatic carbocycles. The molecule has 0 aliphatic heterocycles. The first-order chi connectivity index (χ1) is 11.6. The van der Waals surface area contributed by atoms with Crippen LogP contribution in [0.5, 0.6) is 0 Å². The molecule has 0 saturated carbocycles. The Balaban J connectivity index is 2.07. The molecule has 1 unspecified atom stereocenters. The van der Waals surface area contributed by atoms with Gasteiger partial charge in [0.1, 0.15) is 5.82 Å². The van der Waals surface area contributed by atoms with Crippen molar-refractivity contribution in [2.75, 3.05) is 11.9 Å². The van der Waals surface area contributed by atoms with Crippen molar-refractivity contribution < 1.29 is 9.50 Å². The number of fused-ring (bicyclic) bond motifs is 1. The summed E-state index contributed by atoms with van der Waals surface area (Å²) in [5.74, 6) is -0.320. The second-order valence-electron chi connectivity index (χ2n) is 5.37. The highest BCUT2D eigenvalue weighted by atomic mass is 79.9. The standard InChI is InChI=1S/C18H15BrClFN2O/c19-11-5-6-16-13(9-11)18(14(20)10-22-16)23-17(7-8-24)12-3-1-2-4-15(12)21/h1-6,9-10,17,24H,7-8H2,(H,22,23). The van der Waals surface area contributed by atoms with Gasteiger partial charge in [-0.2, -0.15) is 0 Å². The van der Waals surface area contributed by atoms with Gasteiger partial charge in [0.25, 0.3) is 0 Å². The van der Waals surface area contributed by atoms with E-state index >= 15 is 0 Å². The molecule has 0 saturated heterocycles. The summed E-state index contributed by atoms with van der Waals surface area (Å²) in [6.45, 7) is -0.0731. The van der Waals surface area contributed by atoms with Gasteiger partial charge in [0, 0.05) is 28.2 Å². The fourth-order valence-corrected chi connectivity index (χ4v) is 3.22. The molecule has 2 N–H and O–H groups in total. The second-order valence-corrected chi connectivity index (χ2v) is 6.70. The predicted molar refractivity (Wildman–Crippen MR) is 98.9 cm³/mol. The first kappa shape index (κ1) is 17.1. The zero-order valence-electron chi connectivity index (χ0n) is 12.6. The zero-order valence-corrected chi connectivity index (χ0v) is 15.0. The van der Waals surface area contributed by atoms with Crippen LogP contribution in [0.25, 0.3) is 10.9 Å². The second kappa shape index (κ2) is 7.47. The first-order valence-corrected chi connectivity index (χ1v) is 8.63. The molecule has 0 bridgehead atoms. The van der Waals surface area contributed by atoms with E-state index in [1.807, 2.05) is 18.2 Å². The third-order valence-corrected chi connectivity index (χ3v) is 4.58. The summed E-state index contributed by atoms with van der Waals surface area (Å²) in [4.78, 5) is 4.31. The number of nitrogens with zero attached hydrogens (tertiary/aromatic N) is 1. The van der Waals surface area contributed by atoms with E-state index in [-0.39, 0.29) is 12.4 Å².